The summed E-state index contributed by atoms with van der Waals surface area (Å²) < 4.78 is 24.8. The molecule has 0 saturated carbocycles. The average Bonchev–Trinajstić information content (AvgIpc) is 3.12. The molecule has 1 atom stereocenters. The van der Waals surface area contributed by atoms with E-state index in [1.165, 1.54) is 6.07 Å². The molecule has 1 aromatic carbocycles. The highest BCUT2D eigenvalue weighted by molar-refractivity contribution is 5.75. The second-order valence-electron chi connectivity index (χ2n) is 7.53. The number of carbonyl (C=O) groups excluding carboxylic acids is 1. The molecule has 6 heteroatoms. The first-order valence-electron chi connectivity index (χ1n) is 9.90. The van der Waals surface area contributed by atoms with Gasteiger partial charge in [-0.3, -0.25) is 9.69 Å². The van der Waals surface area contributed by atoms with Crippen LogP contribution in [0.4, 0.5) is 4.39 Å². The van der Waals surface area contributed by atoms with Crippen molar-refractivity contribution in [2.75, 3.05) is 20.2 Å². The van der Waals surface area contributed by atoms with Gasteiger partial charge < -0.3 is 14.5 Å². The second-order valence-corrected chi connectivity index (χ2v) is 7.53. The number of amides is 1. The van der Waals surface area contributed by atoms with Gasteiger partial charge in [0.05, 0.1) is 13.7 Å². The van der Waals surface area contributed by atoms with E-state index >= 15 is 0 Å². The minimum Gasteiger partial charge on any atom is -0.497 e. The van der Waals surface area contributed by atoms with Crippen molar-refractivity contribution >= 4 is 5.91 Å². The van der Waals surface area contributed by atoms with Crippen molar-refractivity contribution in [3.8, 4) is 5.75 Å². The van der Waals surface area contributed by atoms with Crippen LogP contribution in [0.1, 0.15) is 42.8 Å². The van der Waals surface area contributed by atoms with E-state index in [4.69, 9.17) is 9.15 Å². The van der Waals surface area contributed by atoms with Crippen molar-refractivity contribution in [1.29, 1.82) is 0 Å². The van der Waals surface area contributed by atoms with Gasteiger partial charge in [0.25, 0.3) is 0 Å². The molecule has 152 valence electrons. The van der Waals surface area contributed by atoms with Gasteiger partial charge >= 0.3 is 0 Å². The fourth-order valence-electron chi connectivity index (χ4n) is 3.76. The summed E-state index contributed by atoms with van der Waals surface area (Å²) in [6.45, 7) is 4.73. The molecule has 28 heavy (non-hydrogen) atoms. The predicted molar refractivity (Wildman–Crippen MR) is 105 cm³/mol. The van der Waals surface area contributed by atoms with Gasteiger partial charge in [0.15, 0.2) is 0 Å². The Morgan fingerprint density at radius 3 is 2.96 bits per heavy atom. The number of hydrogen-bond donors (Lipinski definition) is 1. The molecule has 1 N–H and O–H groups in total. The fourth-order valence-corrected chi connectivity index (χ4v) is 3.76. The number of piperidine rings is 1. The Morgan fingerprint density at radius 2 is 2.21 bits per heavy atom. The monoisotopic (exact) mass is 388 g/mol. The maximum absolute atomic E-state index is 14.1. The fraction of sp³-hybridized carbons (Fsp3) is 0.500. The number of methoxy groups -OCH3 is 1. The molecule has 1 aliphatic heterocycles. The summed E-state index contributed by atoms with van der Waals surface area (Å²) in [5.41, 5.74) is 0.659. The van der Waals surface area contributed by atoms with Gasteiger partial charge in [0, 0.05) is 25.1 Å². The van der Waals surface area contributed by atoms with Crippen molar-refractivity contribution in [3.05, 3.63) is 53.2 Å². The molecule has 1 fully saturated rings. The molecule has 0 bridgehead atoms. The van der Waals surface area contributed by atoms with Crippen molar-refractivity contribution < 1.29 is 18.3 Å². The number of likely N-dealkylation sites (tertiary alicyclic amines) is 1. The lowest BCUT2D eigenvalue weighted by Gasteiger charge is -2.32. The van der Waals surface area contributed by atoms with E-state index in [0.717, 1.165) is 43.9 Å². The Bertz CT molecular complexity index is 790. The molecule has 2 aromatic rings. The lowest BCUT2D eigenvalue weighted by molar-refractivity contribution is -0.121. The van der Waals surface area contributed by atoms with Crippen molar-refractivity contribution in [2.45, 2.75) is 45.7 Å². The van der Waals surface area contributed by atoms with Crippen LogP contribution in [-0.4, -0.2) is 31.0 Å². The van der Waals surface area contributed by atoms with Crippen LogP contribution in [0, 0.1) is 18.7 Å². The van der Waals surface area contributed by atoms with Crippen molar-refractivity contribution in [1.82, 2.24) is 10.2 Å². The maximum Gasteiger partial charge on any atom is 0.220 e. The van der Waals surface area contributed by atoms with E-state index in [1.54, 1.807) is 19.2 Å². The van der Waals surface area contributed by atoms with Gasteiger partial charge in [0.2, 0.25) is 5.91 Å². The molecule has 1 aromatic heterocycles. The third-order valence-electron chi connectivity index (χ3n) is 5.29. The quantitative estimate of drug-likeness (QED) is 0.741. The van der Waals surface area contributed by atoms with Crippen LogP contribution in [0.5, 0.6) is 5.75 Å². The Balaban J connectivity index is 1.44. The van der Waals surface area contributed by atoms with Gasteiger partial charge in [-0.25, -0.2) is 4.39 Å². The summed E-state index contributed by atoms with van der Waals surface area (Å²) in [5, 5.41) is 2.91. The lowest BCUT2D eigenvalue weighted by atomic mass is 9.93. The van der Waals surface area contributed by atoms with Crippen LogP contribution >= 0.6 is 0 Å². The van der Waals surface area contributed by atoms with Crippen LogP contribution in [-0.2, 0) is 17.9 Å². The van der Waals surface area contributed by atoms with Crippen molar-refractivity contribution in [3.63, 3.8) is 0 Å². The molecule has 3 rings (SSSR count). The third-order valence-corrected chi connectivity index (χ3v) is 5.29. The Kier molecular flexibility index (Phi) is 7.09. The summed E-state index contributed by atoms with van der Waals surface area (Å²) in [5.74, 6) is 2.60. The maximum atomic E-state index is 14.1. The highest BCUT2D eigenvalue weighted by atomic mass is 19.1. The largest absolute Gasteiger partial charge is 0.497 e. The first-order valence-corrected chi connectivity index (χ1v) is 9.90. The smallest absolute Gasteiger partial charge is 0.220 e. The third kappa shape index (κ3) is 5.83. The summed E-state index contributed by atoms with van der Waals surface area (Å²) in [4.78, 5) is 14.4. The SMILES string of the molecule is COc1ccc(F)c(CN2CCC[C@@H](CCC(=O)NCc3ccc(C)o3)C2)c1. The number of nitrogens with one attached hydrogen (secondary N) is 1. The van der Waals surface area contributed by atoms with Gasteiger partial charge in [-0.15, -0.1) is 0 Å². The zero-order valence-corrected chi connectivity index (χ0v) is 16.7. The Morgan fingerprint density at radius 1 is 1.36 bits per heavy atom. The van der Waals surface area contributed by atoms with Gasteiger partial charge in [-0.05, 0) is 69.0 Å². The molecular formula is C22H29FN2O3. The molecule has 0 spiro atoms. The summed E-state index contributed by atoms with van der Waals surface area (Å²) in [7, 11) is 1.59. The molecule has 1 saturated heterocycles. The molecule has 0 aliphatic carbocycles. The molecule has 1 amide bonds. The lowest BCUT2D eigenvalue weighted by Crippen LogP contribution is -2.35. The topological polar surface area (TPSA) is 54.7 Å². The number of aryl methyl sites for hydroxylation is 1. The van der Waals surface area contributed by atoms with E-state index in [0.29, 0.717) is 36.7 Å². The second kappa shape index (κ2) is 9.73. The van der Waals surface area contributed by atoms with Gasteiger partial charge in [0.1, 0.15) is 23.1 Å². The van der Waals surface area contributed by atoms with Crippen LogP contribution in [0.15, 0.2) is 34.7 Å². The molecule has 5 nitrogen and oxygen atoms in total. The minimum absolute atomic E-state index is 0.0463. The summed E-state index contributed by atoms with van der Waals surface area (Å²) >= 11 is 0. The zero-order chi connectivity index (χ0) is 19.9. The molecule has 2 heterocycles. The number of rotatable bonds is 8. The van der Waals surface area contributed by atoms with Crippen LogP contribution in [0.3, 0.4) is 0 Å². The van der Waals surface area contributed by atoms with Crippen molar-refractivity contribution in [2.24, 2.45) is 5.92 Å². The summed E-state index contributed by atoms with van der Waals surface area (Å²) in [6, 6.07) is 8.64. The van der Waals surface area contributed by atoms with Crippen LogP contribution in [0.25, 0.3) is 0 Å². The predicted octanol–water partition coefficient (Wildman–Crippen LogP) is 4.04. The molecular weight excluding hydrogens is 359 g/mol. The van der Waals surface area contributed by atoms with Crippen LogP contribution in [0.2, 0.25) is 0 Å². The standard InChI is InChI=1S/C22H29FN2O3/c1-16-5-7-20(28-16)13-24-22(26)10-6-17-4-3-11-25(14-17)15-18-12-19(27-2)8-9-21(18)23/h5,7-9,12,17H,3-4,6,10-11,13-15H2,1-2H3,(H,24,26)/t17-/m0/s1. The number of furan rings is 1. The number of carbonyl (C=O) groups is 1. The number of hydrogen-bond acceptors (Lipinski definition) is 4. The molecule has 1 aliphatic rings. The average molecular weight is 388 g/mol. The van der Waals surface area contributed by atoms with Crippen LogP contribution < -0.4 is 10.1 Å². The van der Waals surface area contributed by atoms with E-state index in [-0.39, 0.29) is 11.7 Å². The first kappa shape index (κ1) is 20.4. The van der Waals surface area contributed by atoms with E-state index in [9.17, 15) is 9.18 Å². The van der Waals surface area contributed by atoms with Gasteiger partial charge in [-0.1, -0.05) is 0 Å². The first-order chi connectivity index (χ1) is 13.5. The number of ether oxygens (including phenoxy) is 1. The molecule has 0 unspecified atom stereocenters. The Hall–Kier alpha value is -2.34. The summed E-state index contributed by atoms with van der Waals surface area (Å²) in [6.07, 6.45) is 3.54. The highest BCUT2D eigenvalue weighted by Gasteiger charge is 2.21. The number of halogens is 1. The normalized spacial score (nSPS) is 17.5. The Labute approximate surface area is 165 Å². The number of nitrogens with zero attached hydrogens (tertiary/aromatic N) is 1. The highest BCUT2D eigenvalue weighted by Crippen LogP contribution is 2.24. The van der Waals surface area contributed by atoms with E-state index in [1.807, 2.05) is 19.1 Å². The zero-order valence-electron chi connectivity index (χ0n) is 16.7. The van der Waals surface area contributed by atoms with E-state index < -0.39 is 0 Å². The molecule has 0 radical (unpaired) electrons. The number of benzene rings is 1. The van der Waals surface area contributed by atoms with Gasteiger partial charge in [-0.2, -0.15) is 0 Å². The minimum atomic E-state index is -0.199. The van der Waals surface area contributed by atoms with E-state index in [2.05, 4.69) is 10.2 Å².